The van der Waals surface area contributed by atoms with Gasteiger partial charge in [0.2, 0.25) is 5.91 Å². The lowest BCUT2D eigenvalue weighted by Gasteiger charge is -2.32. The van der Waals surface area contributed by atoms with E-state index in [1.165, 1.54) is 18.2 Å². The normalized spacial score (nSPS) is 15.3. The van der Waals surface area contributed by atoms with Crippen molar-refractivity contribution in [3.8, 4) is 6.07 Å². The number of amides is 2. The number of fused-ring (bicyclic) bond motifs is 1. The molecule has 1 fully saturated rings. The highest BCUT2D eigenvalue weighted by Gasteiger charge is 2.30. The summed E-state index contributed by atoms with van der Waals surface area (Å²) in [5.41, 5.74) is 0.812. The number of carbonyl (C=O) groups excluding carboxylic acids is 2. The second-order valence-electron chi connectivity index (χ2n) is 7.69. The van der Waals surface area contributed by atoms with Crippen LogP contribution in [0.2, 0.25) is 0 Å². The SMILES string of the molecule is N#CC(NC(=O)C1CCN(C(=O)c2cccc3ccccc23)CC1)c1ccccc1F. The van der Waals surface area contributed by atoms with Gasteiger partial charge in [-0.25, -0.2) is 4.39 Å². The fourth-order valence-corrected chi connectivity index (χ4v) is 4.08. The van der Waals surface area contributed by atoms with Gasteiger partial charge in [-0.1, -0.05) is 54.6 Å². The van der Waals surface area contributed by atoms with Crippen molar-refractivity contribution in [1.29, 1.82) is 5.26 Å². The van der Waals surface area contributed by atoms with Crippen molar-refractivity contribution < 1.29 is 14.0 Å². The van der Waals surface area contributed by atoms with E-state index in [1.54, 1.807) is 11.0 Å². The number of nitriles is 1. The Morgan fingerprint density at radius 2 is 1.68 bits per heavy atom. The zero-order valence-electron chi connectivity index (χ0n) is 16.9. The summed E-state index contributed by atoms with van der Waals surface area (Å²) >= 11 is 0. The highest BCUT2D eigenvalue weighted by Crippen LogP contribution is 2.25. The zero-order valence-corrected chi connectivity index (χ0v) is 16.9. The fraction of sp³-hybridized carbons (Fsp3) is 0.240. The van der Waals surface area contributed by atoms with Crippen molar-refractivity contribution in [1.82, 2.24) is 10.2 Å². The summed E-state index contributed by atoms with van der Waals surface area (Å²) < 4.78 is 14.0. The molecular weight excluding hydrogens is 393 g/mol. The summed E-state index contributed by atoms with van der Waals surface area (Å²) in [5.74, 6) is -1.17. The standard InChI is InChI=1S/C25H22FN3O2/c26-22-11-4-3-9-21(22)23(16-27)28-24(30)18-12-14-29(15-13-18)25(31)20-10-5-7-17-6-1-2-8-19(17)20/h1-11,18,23H,12-15H2,(H,28,30). The van der Waals surface area contributed by atoms with E-state index < -0.39 is 11.9 Å². The van der Waals surface area contributed by atoms with Crippen LogP contribution in [-0.4, -0.2) is 29.8 Å². The van der Waals surface area contributed by atoms with Gasteiger partial charge in [-0.2, -0.15) is 5.26 Å². The van der Waals surface area contributed by atoms with Gasteiger partial charge < -0.3 is 10.2 Å². The number of likely N-dealkylation sites (tertiary alicyclic amines) is 1. The first-order chi connectivity index (χ1) is 15.1. The molecular formula is C25H22FN3O2. The van der Waals surface area contributed by atoms with Crippen molar-refractivity contribution in [2.24, 2.45) is 5.92 Å². The number of nitrogens with zero attached hydrogens (tertiary/aromatic N) is 2. The maximum atomic E-state index is 14.0. The van der Waals surface area contributed by atoms with Crippen molar-refractivity contribution in [2.75, 3.05) is 13.1 Å². The first-order valence-electron chi connectivity index (χ1n) is 10.3. The molecule has 1 saturated heterocycles. The molecule has 0 saturated carbocycles. The molecule has 2 amide bonds. The lowest BCUT2D eigenvalue weighted by Crippen LogP contribution is -2.43. The Morgan fingerprint density at radius 3 is 2.42 bits per heavy atom. The van der Waals surface area contributed by atoms with Crippen LogP contribution in [-0.2, 0) is 4.79 Å². The van der Waals surface area contributed by atoms with Crippen LogP contribution in [0.3, 0.4) is 0 Å². The second kappa shape index (κ2) is 8.97. The largest absolute Gasteiger partial charge is 0.339 e. The summed E-state index contributed by atoms with van der Waals surface area (Å²) in [6.07, 6.45) is 0.996. The first kappa shape index (κ1) is 20.5. The third-order valence-corrected chi connectivity index (χ3v) is 5.80. The maximum absolute atomic E-state index is 14.0. The van der Waals surface area contributed by atoms with Crippen LogP contribution in [0.5, 0.6) is 0 Å². The molecule has 3 aromatic rings. The van der Waals surface area contributed by atoms with Gasteiger partial charge in [-0.3, -0.25) is 9.59 Å². The van der Waals surface area contributed by atoms with Crippen molar-refractivity contribution in [3.63, 3.8) is 0 Å². The van der Waals surface area contributed by atoms with Gasteiger partial charge in [0.25, 0.3) is 5.91 Å². The molecule has 4 rings (SSSR count). The Morgan fingerprint density at radius 1 is 1.00 bits per heavy atom. The minimum Gasteiger partial charge on any atom is -0.339 e. The molecule has 1 N–H and O–H groups in total. The number of hydrogen-bond donors (Lipinski definition) is 1. The van der Waals surface area contributed by atoms with Crippen molar-refractivity contribution in [2.45, 2.75) is 18.9 Å². The third kappa shape index (κ3) is 4.26. The molecule has 0 radical (unpaired) electrons. The number of nitrogens with one attached hydrogen (secondary N) is 1. The van der Waals surface area contributed by atoms with Gasteiger partial charge >= 0.3 is 0 Å². The van der Waals surface area contributed by atoms with Crippen LogP contribution >= 0.6 is 0 Å². The summed E-state index contributed by atoms with van der Waals surface area (Å²) in [6, 6.07) is 20.3. The molecule has 31 heavy (non-hydrogen) atoms. The average molecular weight is 415 g/mol. The van der Waals surface area contributed by atoms with E-state index in [0.29, 0.717) is 31.5 Å². The highest BCUT2D eigenvalue weighted by molar-refractivity contribution is 6.07. The van der Waals surface area contributed by atoms with Gasteiger partial charge in [0.15, 0.2) is 0 Å². The Balaban J connectivity index is 1.40. The molecule has 156 valence electrons. The third-order valence-electron chi connectivity index (χ3n) is 5.80. The summed E-state index contributed by atoms with van der Waals surface area (Å²) in [5, 5.41) is 14.0. The number of rotatable bonds is 4. The fourth-order valence-electron chi connectivity index (χ4n) is 4.08. The summed E-state index contributed by atoms with van der Waals surface area (Å²) in [7, 11) is 0. The predicted molar refractivity (Wildman–Crippen MR) is 115 cm³/mol. The van der Waals surface area contributed by atoms with E-state index in [9.17, 15) is 19.2 Å². The van der Waals surface area contributed by atoms with Gasteiger partial charge in [0.1, 0.15) is 11.9 Å². The second-order valence-corrected chi connectivity index (χ2v) is 7.69. The molecule has 0 aromatic heterocycles. The summed E-state index contributed by atoms with van der Waals surface area (Å²) in [4.78, 5) is 27.5. The van der Waals surface area contributed by atoms with E-state index >= 15 is 0 Å². The lowest BCUT2D eigenvalue weighted by atomic mass is 9.94. The van der Waals surface area contributed by atoms with Crippen molar-refractivity contribution in [3.05, 3.63) is 83.7 Å². The van der Waals surface area contributed by atoms with Crippen molar-refractivity contribution >= 4 is 22.6 Å². The first-order valence-corrected chi connectivity index (χ1v) is 10.3. The van der Waals surface area contributed by atoms with Gasteiger partial charge in [-0.15, -0.1) is 0 Å². The molecule has 3 aromatic carbocycles. The predicted octanol–water partition coefficient (Wildman–Crippen LogP) is 4.21. The quantitative estimate of drug-likeness (QED) is 0.694. The lowest BCUT2D eigenvalue weighted by molar-refractivity contribution is -0.126. The average Bonchev–Trinajstić information content (AvgIpc) is 2.82. The zero-order chi connectivity index (χ0) is 21.8. The topological polar surface area (TPSA) is 73.2 Å². The molecule has 0 bridgehead atoms. The minimum atomic E-state index is -1.04. The van der Waals surface area contributed by atoms with Crippen LogP contribution in [0, 0.1) is 23.1 Å². The molecule has 1 unspecified atom stereocenters. The van der Waals surface area contributed by atoms with E-state index in [4.69, 9.17) is 0 Å². The molecule has 1 aliphatic heterocycles. The molecule has 1 aliphatic rings. The van der Waals surface area contributed by atoms with Crippen LogP contribution < -0.4 is 5.32 Å². The molecule has 0 spiro atoms. The van der Waals surface area contributed by atoms with Gasteiger partial charge in [-0.05, 0) is 35.7 Å². The van der Waals surface area contributed by atoms with Gasteiger partial charge in [0.05, 0.1) is 6.07 Å². The van der Waals surface area contributed by atoms with Crippen LogP contribution in [0.15, 0.2) is 66.7 Å². The number of hydrogen-bond acceptors (Lipinski definition) is 3. The summed E-state index contributed by atoms with van der Waals surface area (Å²) in [6.45, 7) is 0.911. The smallest absolute Gasteiger partial charge is 0.254 e. The number of halogens is 1. The van der Waals surface area contributed by atoms with E-state index in [0.717, 1.165) is 10.8 Å². The van der Waals surface area contributed by atoms with E-state index in [-0.39, 0.29) is 23.3 Å². The molecule has 1 heterocycles. The van der Waals surface area contributed by atoms with E-state index in [1.807, 2.05) is 48.5 Å². The number of piperidine rings is 1. The maximum Gasteiger partial charge on any atom is 0.254 e. The minimum absolute atomic E-state index is 0.0445. The monoisotopic (exact) mass is 415 g/mol. The number of benzene rings is 3. The Hall–Kier alpha value is -3.72. The Bertz CT molecular complexity index is 1160. The molecule has 6 heteroatoms. The molecule has 0 aliphatic carbocycles. The van der Waals surface area contributed by atoms with Gasteiger partial charge in [0, 0.05) is 30.1 Å². The van der Waals surface area contributed by atoms with E-state index in [2.05, 4.69) is 5.32 Å². The van der Waals surface area contributed by atoms with Crippen LogP contribution in [0.4, 0.5) is 4.39 Å². The Kier molecular flexibility index (Phi) is 5.94. The highest BCUT2D eigenvalue weighted by atomic mass is 19.1. The molecule has 5 nitrogen and oxygen atoms in total. The molecule has 1 atom stereocenters. The Labute approximate surface area is 180 Å². The van der Waals surface area contributed by atoms with Crippen LogP contribution in [0.25, 0.3) is 10.8 Å². The van der Waals surface area contributed by atoms with Crippen LogP contribution in [0.1, 0.15) is 34.8 Å². The number of carbonyl (C=O) groups is 2.